The van der Waals surface area contributed by atoms with E-state index in [1.54, 1.807) is 12.1 Å². The maximum Gasteiger partial charge on any atom is 0.276 e. The number of hydrogen-bond acceptors (Lipinski definition) is 4. The average Bonchev–Trinajstić information content (AvgIpc) is 3.25. The number of carbonyl (C=O) groups is 2. The molecule has 4 rings (SSSR count). The van der Waals surface area contributed by atoms with Crippen molar-refractivity contribution in [2.24, 2.45) is 0 Å². The highest BCUT2D eigenvalue weighted by molar-refractivity contribution is 5.93. The summed E-state index contributed by atoms with van der Waals surface area (Å²) in [7, 11) is 0. The molecule has 0 aliphatic carbocycles. The first-order chi connectivity index (χ1) is 15.0. The Morgan fingerprint density at radius 3 is 2.61 bits per heavy atom. The highest BCUT2D eigenvalue weighted by Gasteiger charge is 2.32. The number of amides is 2. The lowest BCUT2D eigenvalue weighted by atomic mass is 10.0. The van der Waals surface area contributed by atoms with E-state index in [0.29, 0.717) is 5.76 Å². The quantitative estimate of drug-likeness (QED) is 0.680. The third kappa shape index (κ3) is 4.96. The zero-order valence-corrected chi connectivity index (χ0v) is 16.6. The van der Waals surface area contributed by atoms with Gasteiger partial charge in [-0.15, -0.1) is 0 Å². The molecule has 0 radical (unpaired) electrons. The van der Waals surface area contributed by atoms with Crippen LogP contribution in [0, 0.1) is 5.82 Å². The molecule has 31 heavy (non-hydrogen) atoms. The van der Waals surface area contributed by atoms with E-state index in [1.165, 1.54) is 23.1 Å². The van der Waals surface area contributed by atoms with E-state index in [1.807, 2.05) is 30.3 Å². The van der Waals surface area contributed by atoms with Gasteiger partial charge in [0, 0.05) is 30.6 Å². The Hall–Kier alpha value is -3.55. The molecular formula is C23H21F2N3O3. The molecule has 2 heterocycles. The van der Waals surface area contributed by atoms with E-state index in [4.69, 9.17) is 4.52 Å². The summed E-state index contributed by atoms with van der Waals surface area (Å²) in [5.74, 6) is -0.930. The van der Waals surface area contributed by atoms with Crippen molar-refractivity contribution in [3.05, 3.63) is 77.7 Å². The number of rotatable bonds is 5. The lowest BCUT2D eigenvalue weighted by Crippen LogP contribution is -2.53. The van der Waals surface area contributed by atoms with Crippen LogP contribution in [-0.2, 0) is 11.2 Å². The Balaban J connectivity index is 1.40. The van der Waals surface area contributed by atoms with Gasteiger partial charge >= 0.3 is 0 Å². The van der Waals surface area contributed by atoms with Crippen molar-refractivity contribution >= 4 is 11.8 Å². The molecule has 3 aromatic rings. The Morgan fingerprint density at radius 2 is 1.84 bits per heavy atom. The summed E-state index contributed by atoms with van der Waals surface area (Å²) >= 11 is 0. The molecule has 2 atom stereocenters. The fourth-order valence-corrected chi connectivity index (χ4v) is 3.68. The number of hydrogen-bond donors (Lipinski definition) is 1. The van der Waals surface area contributed by atoms with Crippen LogP contribution in [0.15, 0.2) is 65.2 Å². The maximum atomic E-state index is 14.3. The van der Waals surface area contributed by atoms with Gasteiger partial charge in [-0.1, -0.05) is 53.7 Å². The molecule has 1 N–H and O–H groups in total. The second kappa shape index (κ2) is 9.07. The molecule has 0 bridgehead atoms. The Kier molecular flexibility index (Phi) is 6.06. The van der Waals surface area contributed by atoms with Crippen molar-refractivity contribution in [1.82, 2.24) is 15.4 Å². The summed E-state index contributed by atoms with van der Waals surface area (Å²) < 4.78 is 33.3. The number of likely N-dealkylation sites (tertiary alicyclic amines) is 1. The third-order valence-corrected chi connectivity index (χ3v) is 5.15. The van der Waals surface area contributed by atoms with Gasteiger partial charge in [-0.25, -0.2) is 8.78 Å². The van der Waals surface area contributed by atoms with Crippen molar-refractivity contribution in [2.45, 2.75) is 25.1 Å². The van der Waals surface area contributed by atoms with Gasteiger partial charge in [0.25, 0.3) is 5.91 Å². The van der Waals surface area contributed by atoms with Crippen molar-refractivity contribution in [2.75, 3.05) is 13.1 Å². The summed E-state index contributed by atoms with van der Waals surface area (Å²) in [6.45, 7) is 0.0435. The third-order valence-electron chi connectivity index (χ3n) is 5.15. The van der Waals surface area contributed by atoms with Crippen LogP contribution in [0.5, 0.6) is 0 Å². The average molecular weight is 425 g/mol. The van der Waals surface area contributed by atoms with Crippen molar-refractivity contribution in [3.8, 4) is 11.3 Å². The number of carbonyl (C=O) groups excluding carboxylic acids is 2. The first-order valence-electron chi connectivity index (χ1n) is 9.98. The van der Waals surface area contributed by atoms with E-state index in [2.05, 4.69) is 10.5 Å². The van der Waals surface area contributed by atoms with Crippen molar-refractivity contribution in [3.63, 3.8) is 0 Å². The largest absolute Gasteiger partial charge is 0.355 e. The summed E-state index contributed by atoms with van der Waals surface area (Å²) in [6, 6.07) is 16.1. The van der Waals surface area contributed by atoms with Crippen LogP contribution in [0.4, 0.5) is 8.78 Å². The van der Waals surface area contributed by atoms with Crippen LogP contribution in [-0.4, -0.2) is 47.2 Å². The normalized spacial score (nSPS) is 18.6. The number of aromatic nitrogens is 1. The van der Waals surface area contributed by atoms with Gasteiger partial charge in [0.2, 0.25) is 5.91 Å². The lowest BCUT2D eigenvalue weighted by molar-refractivity contribution is -0.121. The number of alkyl halides is 1. The monoisotopic (exact) mass is 425 g/mol. The molecule has 160 valence electrons. The van der Waals surface area contributed by atoms with E-state index in [0.717, 1.165) is 5.56 Å². The minimum Gasteiger partial charge on any atom is -0.355 e. The van der Waals surface area contributed by atoms with Crippen molar-refractivity contribution < 1.29 is 22.9 Å². The zero-order valence-electron chi connectivity index (χ0n) is 16.6. The maximum absolute atomic E-state index is 14.3. The predicted octanol–water partition coefficient (Wildman–Crippen LogP) is 3.39. The van der Waals surface area contributed by atoms with Crippen molar-refractivity contribution in [1.29, 1.82) is 0 Å². The number of halogens is 2. The first kappa shape index (κ1) is 20.7. The molecule has 1 aliphatic heterocycles. The van der Waals surface area contributed by atoms with Crippen LogP contribution in [0.2, 0.25) is 0 Å². The first-order valence-corrected chi connectivity index (χ1v) is 9.98. The standard InChI is InChI=1S/C23H21F2N3O3/c24-17-11-18(26-22(29)10-16-8-4-5-9-19(16)25)14-28(13-17)23(30)20-12-21(31-27-20)15-6-2-1-3-7-15/h1-9,12,17-18H,10-11,13-14H2,(H,26,29)/t17-,18+/m1/s1. The van der Waals surface area contributed by atoms with Gasteiger partial charge in [-0.05, 0) is 11.6 Å². The summed E-state index contributed by atoms with van der Waals surface area (Å²) in [5, 5.41) is 6.54. The number of benzene rings is 2. The lowest BCUT2D eigenvalue weighted by Gasteiger charge is -2.34. The highest BCUT2D eigenvalue weighted by atomic mass is 19.1. The molecule has 2 amide bonds. The van der Waals surface area contributed by atoms with Crippen LogP contribution in [0.3, 0.4) is 0 Å². The van der Waals surface area contributed by atoms with Crippen LogP contribution < -0.4 is 5.32 Å². The fraction of sp³-hybridized carbons (Fsp3) is 0.261. The molecule has 8 heteroatoms. The SMILES string of the molecule is O=C(Cc1ccccc1F)N[C@H]1C[C@@H](F)CN(C(=O)c2cc(-c3ccccc3)on2)C1. The number of nitrogens with one attached hydrogen (secondary N) is 1. The van der Waals surface area contributed by atoms with Crippen LogP contribution in [0.25, 0.3) is 11.3 Å². The Bertz CT molecular complexity index is 1070. The summed E-state index contributed by atoms with van der Waals surface area (Å²) in [6.07, 6.45) is -1.37. The van der Waals surface area contributed by atoms with Gasteiger partial charge in [0.05, 0.1) is 13.0 Å². The fourth-order valence-electron chi connectivity index (χ4n) is 3.68. The number of nitrogens with zero attached hydrogens (tertiary/aromatic N) is 2. The second-order valence-electron chi connectivity index (χ2n) is 7.52. The van der Waals surface area contributed by atoms with E-state index in [-0.39, 0.29) is 37.2 Å². The topological polar surface area (TPSA) is 75.4 Å². The van der Waals surface area contributed by atoms with Gasteiger partial charge in [-0.3, -0.25) is 9.59 Å². The van der Waals surface area contributed by atoms with Gasteiger partial charge < -0.3 is 14.7 Å². The van der Waals surface area contributed by atoms with Crippen LogP contribution in [0.1, 0.15) is 22.5 Å². The minimum absolute atomic E-state index is 0.0735. The molecule has 0 unspecified atom stereocenters. The van der Waals surface area contributed by atoms with Gasteiger partial charge in [-0.2, -0.15) is 0 Å². The Morgan fingerprint density at radius 1 is 1.10 bits per heavy atom. The predicted molar refractivity (Wildman–Crippen MR) is 109 cm³/mol. The van der Waals surface area contributed by atoms with E-state index < -0.39 is 29.8 Å². The highest BCUT2D eigenvalue weighted by Crippen LogP contribution is 2.22. The molecule has 1 fully saturated rings. The molecule has 2 aromatic carbocycles. The summed E-state index contributed by atoms with van der Waals surface area (Å²) in [5.41, 5.74) is 1.11. The molecular weight excluding hydrogens is 404 g/mol. The van der Waals surface area contributed by atoms with Gasteiger partial charge in [0.1, 0.15) is 12.0 Å². The zero-order chi connectivity index (χ0) is 21.8. The number of piperidine rings is 1. The Labute approximate surface area is 177 Å². The molecule has 1 aliphatic rings. The molecule has 0 spiro atoms. The summed E-state index contributed by atoms with van der Waals surface area (Å²) in [4.78, 5) is 26.5. The second-order valence-corrected chi connectivity index (χ2v) is 7.52. The molecule has 0 saturated carbocycles. The minimum atomic E-state index is -1.29. The molecule has 1 aromatic heterocycles. The van der Waals surface area contributed by atoms with E-state index in [9.17, 15) is 18.4 Å². The van der Waals surface area contributed by atoms with E-state index >= 15 is 0 Å². The molecule has 1 saturated heterocycles. The van der Waals surface area contributed by atoms with Crippen LogP contribution >= 0.6 is 0 Å². The smallest absolute Gasteiger partial charge is 0.276 e. The molecule has 6 nitrogen and oxygen atoms in total. The van der Waals surface area contributed by atoms with Gasteiger partial charge in [0.15, 0.2) is 11.5 Å².